The van der Waals surface area contributed by atoms with Crippen molar-refractivity contribution in [1.82, 2.24) is 0 Å². The molecule has 0 bridgehead atoms. The first-order valence-corrected chi connectivity index (χ1v) is 7.01. The quantitative estimate of drug-likeness (QED) is 0.752. The van der Waals surface area contributed by atoms with Crippen LogP contribution >= 0.6 is 0 Å². The second-order valence-electron chi connectivity index (χ2n) is 5.50. The molecule has 0 spiro atoms. The van der Waals surface area contributed by atoms with Crippen LogP contribution in [0.4, 0.5) is 0 Å². The van der Waals surface area contributed by atoms with Crippen molar-refractivity contribution in [3.63, 3.8) is 0 Å². The molecule has 1 unspecified atom stereocenters. The number of hydrogen-bond acceptors (Lipinski definition) is 1. The molecule has 0 aromatic heterocycles. The molecule has 2 N–H and O–H groups in total. The van der Waals surface area contributed by atoms with E-state index in [0.717, 1.165) is 19.3 Å². The van der Waals surface area contributed by atoms with Gasteiger partial charge in [0.1, 0.15) is 0 Å². The van der Waals surface area contributed by atoms with E-state index in [1.54, 1.807) is 0 Å². The van der Waals surface area contributed by atoms with Crippen LogP contribution in [0.15, 0.2) is 54.1 Å². The molecule has 1 atom stereocenters. The molecule has 1 nitrogen and oxygen atoms in total. The molecule has 0 saturated carbocycles. The van der Waals surface area contributed by atoms with Gasteiger partial charge in [0.15, 0.2) is 0 Å². The molecule has 94 valence electrons. The second kappa shape index (κ2) is 4.07. The van der Waals surface area contributed by atoms with E-state index in [0.29, 0.717) is 0 Å². The number of aryl methyl sites for hydroxylation is 1. The highest BCUT2D eigenvalue weighted by molar-refractivity contribution is 5.94. The normalized spacial score (nSPS) is 21.4. The van der Waals surface area contributed by atoms with Crippen LogP contribution in [-0.2, 0) is 6.42 Å². The van der Waals surface area contributed by atoms with Crippen LogP contribution < -0.4 is 5.73 Å². The van der Waals surface area contributed by atoms with Crippen LogP contribution in [0.25, 0.3) is 16.3 Å². The molecule has 0 fully saturated rings. The Kier molecular flexibility index (Phi) is 2.36. The average Bonchev–Trinajstić information content (AvgIpc) is 2.47. The Morgan fingerprint density at radius 2 is 1.89 bits per heavy atom. The molecule has 2 aromatic rings. The van der Waals surface area contributed by atoms with Crippen molar-refractivity contribution in [3.05, 3.63) is 65.3 Å². The number of fused-ring (bicyclic) bond motifs is 4. The topological polar surface area (TPSA) is 26.0 Å². The van der Waals surface area contributed by atoms with E-state index < -0.39 is 0 Å². The molecular formula is C18H17N. The molecule has 2 aliphatic rings. The first kappa shape index (κ1) is 11.0. The summed E-state index contributed by atoms with van der Waals surface area (Å²) in [5.41, 5.74) is 12.0. The van der Waals surface area contributed by atoms with Gasteiger partial charge in [-0.2, -0.15) is 0 Å². The summed E-state index contributed by atoms with van der Waals surface area (Å²) in [4.78, 5) is 0. The average molecular weight is 247 g/mol. The van der Waals surface area contributed by atoms with Crippen molar-refractivity contribution < 1.29 is 0 Å². The zero-order valence-corrected chi connectivity index (χ0v) is 10.9. The van der Waals surface area contributed by atoms with Gasteiger partial charge in [0, 0.05) is 6.04 Å². The van der Waals surface area contributed by atoms with Gasteiger partial charge in [0.2, 0.25) is 0 Å². The SMILES string of the molecule is NC1CC=CC2=C1CCc1c2ccc2ccccc12. The van der Waals surface area contributed by atoms with Crippen LogP contribution in [0.1, 0.15) is 24.0 Å². The van der Waals surface area contributed by atoms with Gasteiger partial charge < -0.3 is 5.73 Å². The van der Waals surface area contributed by atoms with E-state index >= 15 is 0 Å². The minimum atomic E-state index is 0.222. The predicted octanol–water partition coefficient (Wildman–Crippen LogP) is 3.83. The van der Waals surface area contributed by atoms with Gasteiger partial charge in [0.05, 0.1) is 0 Å². The van der Waals surface area contributed by atoms with Gasteiger partial charge in [-0.05, 0) is 52.3 Å². The molecule has 1 heteroatoms. The number of allylic oxidation sites excluding steroid dienone is 2. The molecule has 19 heavy (non-hydrogen) atoms. The van der Waals surface area contributed by atoms with Crippen LogP contribution in [-0.4, -0.2) is 6.04 Å². The molecular weight excluding hydrogens is 230 g/mol. The predicted molar refractivity (Wildman–Crippen MR) is 80.9 cm³/mol. The smallest absolute Gasteiger partial charge is 0.0298 e. The van der Waals surface area contributed by atoms with Gasteiger partial charge in [-0.3, -0.25) is 0 Å². The number of hydrogen-bond donors (Lipinski definition) is 1. The third-order valence-electron chi connectivity index (χ3n) is 4.44. The summed E-state index contributed by atoms with van der Waals surface area (Å²) in [5.74, 6) is 0. The van der Waals surface area contributed by atoms with Crippen molar-refractivity contribution in [2.75, 3.05) is 0 Å². The highest BCUT2D eigenvalue weighted by Gasteiger charge is 2.24. The lowest BCUT2D eigenvalue weighted by Gasteiger charge is -2.29. The Morgan fingerprint density at radius 1 is 1.00 bits per heavy atom. The zero-order chi connectivity index (χ0) is 12.8. The summed E-state index contributed by atoms with van der Waals surface area (Å²) in [6, 6.07) is 13.4. The number of benzene rings is 2. The third kappa shape index (κ3) is 1.58. The van der Waals surface area contributed by atoms with Crippen LogP contribution in [0, 0.1) is 0 Å². The molecule has 0 saturated heterocycles. The van der Waals surface area contributed by atoms with Crippen LogP contribution in [0.2, 0.25) is 0 Å². The number of nitrogens with two attached hydrogens (primary N) is 1. The van der Waals surface area contributed by atoms with E-state index in [1.165, 1.54) is 33.0 Å². The second-order valence-corrected chi connectivity index (χ2v) is 5.50. The fourth-order valence-corrected chi connectivity index (χ4v) is 3.48. The summed E-state index contributed by atoms with van der Waals surface area (Å²) in [6.45, 7) is 0. The fraction of sp³-hybridized carbons (Fsp3) is 0.222. The highest BCUT2D eigenvalue weighted by atomic mass is 14.6. The maximum Gasteiger partial charge on any atom is 0.0298 e. The fourth-order valence-electron chi connectivity index (χ4n) is 3.48. The maximum absolute atomic E-state index is 6.25. The summed E-state index contributed by atoms with van der Waals surface area (Å²) >= 11 is 0. The highest BCUT2D eigenvalue weighted by Crippen LogP contribution is 2.39. The standard InChI is InChI=1S/C18H17N/c19-18-7-3-6-14-16-9-8-12-4-1-2-5-13(12)15(16)10-11-17(14)18/h1-6,8-9,18H,7,10-11,19H2. The number of rotatable bonds is 0. The van der Waals surface area contributed by atoms with E-state index in [9.17, 15) is 0 Å². The Morgan fingerprint density at radius 3 is 2.84 bits per heavy atom. The molecule has 0 amide bonds. The molecule has 4 rings (SSSR count). The van der Waals surface area contributed by atoms with Crippen molar-refractivity contribution in [3.8, 4) is 0 Å². The van der Waals surface area contributed by atoms with Gasteiger partial charge >= 0.3 is 0 Å². The van der Waals surface area contributed by atoms with Crippen LogP contribution in [0.3, 0.4) is 0 Å². The van der Waals surface area contributed by atoms with Crippen molar-refractivity contribution in [1.29, 1.82) is 0 Å². The summed E-state index contributed by atoms with van der Waals surface area (Å²) in [6.07, 6.45) is 7.71. The first-order valence-electron chi connectivity index (χ1n) is 7.01. The molecule has 0 aliphatic heterocycles. The summed E-state index contributed by atoms with van der Waals surface area (Å²) in [7, 11) is 0. The lowest BCUT2D eigenvalue weighted by molar-refractivity contribution is 0.718. The Hall–Kier alpha value is -1.86. The summed E-state index contributed by atoms with van der Waals surface area (Å²) < 4.78 is 0. The maximum atomic E-state index is 6.25. The molecule has 0 heterocycles. The van der Waals surface area contributed by atoms with Crippen molar-refractivity contribution >= 4 is 16.3 Å². The first-order chi connectivity index (χ1) is 9.34. The van der Waals surface area contributed by atoms with Crippen molar-refractivity contribution in [2.45, 2.75) is 25.3 Å². The van der Waals surface area contributed by atoms with Gasteiger partial charge in [-0.1, -0.05) is 48.6 Å². The Balaban J connectivity index is 2.01. The Labute approximate surface area is 113 Å². The molecule has 2 aliphatic carbocycles. The minimum absolute atomic E-state index is 0.222. The zero-order valence-electron chi connectivity index (χ0n) is 10.9. The van der Waals surface area contributed by atoms with E-state index in [4.69, 9.17) is 5.73 Å². The van der Waals surface area contributed by atoms with E-state index in [-0.39, 0.29) is 6.04 Å². The lowest BCUT2D eigenvalue weighted by atomic mass is 9.78. The van der Waals surface area contributed by atoms with E-state index in [2.05, 4.69) is 48.6 Å². The molecule has 0 radical (unpaired) electrons. The van der Waals surface area contributed by atoms with Gasteiger partial charge in [-0.25, -0.2) is 0 Å². The van der Waals surface area contributed by atoms with Gasteiger partial charge in [0.25, 0.3) is 0 Å². The van der Waals surface area contributed by atoms with Gasteiger partial charge in [-0.15, -0.1) is 0 Å². The Bertz CT molecular complexity index is 722. The van der Waals surface area contributed by atoms with Crippen molar-refractivity contribution in [2.24, 2.45) is 5.73 Å². The largest absolute Gasteiger partial charge is 0.324 e. The minimum Gasteiger partial charge on any atom is -0.324 e. The lowest BCUT2D eigenvalue weighted by Crippen LogP contribution is -2.27. The summed E-state index contributed by atoms with van der Waals surface area (Å²) in [5, 5.41) is 2.74. The third-order valence-corrected chi connectivity index (χ3v) is 4.44. The molecule has 2 aromatic carbocycles. The monoisotopic (exact) mass is 247 g/mol. The van der Waals surface area contributed by atoms with Crippen LogP contribution in [0.5, 0.6) is 0 Å². The van der Waals surface area contributed by atoms with E-state index in [1.807, 2.05) is 0 Å².